The van der Waals surface area contributed by atoms with Crippen molar-refractivity contribution < 1.29 is 4.74 Å². The highest BCUT2D eigenvalue weighted by Gasteiger charge is 2.49. The van der Waals surface area contributed by atoms with E-state index in [1.807, 2.05) is 0 Å². The fourth-order valence-electron chi connectivity index (χ4n) is 10.2. The van der Waals surface area contributed by atoms with Crippen LogP contribution < -0.4 is 20.0 Å². The second kappa shape index (κ2) is 13.8. The molecular formula is C57H39NOSi. The van der Waals surface area contributed by atoms with E-state index in [0.29, 0.717) is 0 Å². The molecule has 282 valence electrons. The van der Waals surface area contributed by atoms with Gasteiger partial charge in [0.05, 0.1) is 14.9 Å². The van der Waals surface area contributed by atoms with Gasteiger partial charge in [0, 0.05) is 28.2 Å². The third-order valence-corrected chi connectivity index (χ3v) is 14.9. The minimum atomic E-state index is -0.976. The van der Waals surface area contributed by atoms with Gasteiger partial charge in [0.15, 0.2) is 0 Å². The summed E-state index contributed by atoms with van der Waals surface area (Å²) in [5.74, 6) is 1.83. The molecule has 0 saturated heterocycles. The molecule has 2 aliphatic rings. The number of anilines is 3. The zero-order valence-corrected chi connectivity index (χ0v) is 34.3. The highest BCUT2D eigenvalue weighted by Crippen LogP contribution is 2.55. The van der Waals surface area contributed by atoms with Crippen molar-refractivity contribution in [3.63, 3.8) is 0 Å². The number of ether oxygens (including phenoxy) is 1. The molecule has 0 saturated carbocycles. The van der Waals surface area contributed by atoms with E-state index in [4.69, 9.17) is 4.74 Å². The van der Waals surface area contributed by atoms with Gasteiger partial charge in [0.2, 0.25) is 0 Å². The van der Waals surface area contributed by atoms with Crippen LogP contribution in [-0.2, 0) is 5.41 Å². The predicted octanol–water partition coefficient (Wildman–Crippen LogP) is 12.7. The summed E-state index contributed by atoms with van der Waals surface area (Å²) in [5, 5.41) is 7.92. The molecule has 0 fully saturated rings. The highest BCUT2D eigenvalue weighted by atomic mass is 28.2. The highest BCUT2D eigenvalue weighted by molar-refractivity contribution is 6.71. The first-order valence-electron chi connectivity index (χ1n) is 20.8. The van der Waals surface area contributed by atoms with Crippen molar-refractivity contribution in [2.75, 3.05) is 4.90 Å². The van der Waals surface area contributed by atoms with Gasteiger partial charge in [0.25, 0.3) is 0 Å². The topological polar surface area (TPSA) is 12.5 Å². The van der Waals surface area contributed by atoms with Crippen molar-refractivity contribution >= 4 is 58.5 Å². The lowest BCUT2D eigenvalue weighted by molar-refractivity contribution is 0.435. The largest absolute Gasteiger partial charge is 0.457 e. The Labute approximate surface area is 352 Å². The summed E-state index contributed by atoms with van der Waals surface area (Å²) in [5.41, 5.74) is 12.9. The van der Waals surface area contributed by atoms with Crippen molar-refractivity contribution in [3.05, 3.63) is 247 Å². The number of para-hydroxylation sites is 2. The molecule has 0 radical (unpaired) electrons. The lowest BCUT2D eigenvalue weighted by atomic mass is 9.63. The molecule has 0 atom stereocenters. The van der Waals surface area contributed by atoms with E-state index in [1.54, 1.807) is 0 Å². The van der Waals surface area contributed by atoms with Crippen molar-refractivity contribution in [1.82, 2.24) is 0 Å². The maximum absolute atomic E-state index is 6.70. The van der Waals surface area contributed by atoms with Gasteiger partial charge >= 0.3 is 0 Å². The summed E-state index contributed by atoms with van der Waals surface area (Å²) in [4.78, 5) is 2.50. The van der Waals surface area contributed by atoms with Crippen molar-refractivity contribution in [2.24, 2.45) is 0 Å². The zero-order chi connectivity index (χ0) is 39.6. The maximum atomic E-state index is 6.70. The van der Waals surface area contributed by atoms with E-state index in [0.717, 1.165) is 22.9 Å². The number of benzene rings is 10. The maximum Gasteiger partial charge on any atom is 0.132 e. The first-order chi connectivity index (χ1) is 29.8. The van der Waals surface area contributed by atoms with Crippen LogP contribution in [0.5, 0.6) is 11.5 Å². The van der Waals surface area contributed by atoms with Crippen LogP contribution in [0, 0.1) is 0 Å². The summed E-state index contributed by atoms with van der Waals surface area (Å²) in [7, 11) is -0.976. The second-order valence-electron chi connectivity index (χ2n) is 16.0. The quantitative estimate of drug-likeness (QED) is 0.161. The van der Waals surface area contributed by atoms with Gasteiger partial charge in [0.1, 0.15) is 11.5 Å². The normalized spacial score (nSPS) is 13.6. The lowest BCUT2D eigenvalue weighted by Gasteiger charge is -2.46. The molecule has 2 aliphatic heterocycles. The third kappa shape index (κ3) is 5.26. The lowest BCUT2D eigenvalue weighted by Crippen LogP contribution is -2.51. The monoisotopic (exact) mass is 781 g/mol. The Balaban J connectivity index is 1.08. The minimum absolute atomic E-state index is 0.541. The predicted molar refractivity (Wildman–Crippen MR) is 253 cm³/mol. The molecular weight excluding hydrogens is 743 g/mol. The fraction of sp³-hybridized carbons (Fsp3) is 0.0175. The molecule has 3 heteroatoms. The van der Waals surface area contributed by atoms with Gasteiger partial charge in [-0.2, -0.15) is 0 Å². The smallest absolute Gasteiger partial charge is 0.132 e. The summed E-state index contributed by atoms with van der Waals surface area (Å²) >= 11 is 0. The average Bonchev–Trinajstić information content (AvgIpc) is 3.32. The van der Waals surface area contributed by atoms with Gasteiger partial charge in [-0.1, -0.05) is 187 Å². The van der Waals surface area contributed by atoms with Crippen molar-refractivity contribution in [1.29, 1.82) is 0 Å². The van der Waals surface area contributed by atoms with Gasteiger partial charge < -0.3 is 9.64 Å². The van der Waals surface area contributed by atoms with Crippen molar-refractivity contribution in [3.8, 4) is 33.8 Å². The number of hydrogen-bond donors (Lipinski definition) is 0. The first kappa shape index (κ1) is 34.6. The summed E-state index contributed by atoms with van der Waals surface area (Å²) < 4.78 is 6.70. The molecule has 1 spiro atoms. The molecule has 0 amide bonds. The van der Waals surface area contributed by atoms with Crippen LogP contribution in [0.3, 0.4) is 0 Å². The fourth-order valence-corrected chi connectivity index (χ4v) is 12.5. The Bertz CT molecular complexity index is 3080. The molecule has 0 aromatic heterocycles. The summed E-state index contributed by atoms with van der Waals surface area (Å²) in [6, 6.07) is 82.5. The number of hydrogen-bond acceptors (Lipinski definition) is 2. The molecule has 2 heterocycles. The Morgan fingerprint density at radius 3 is 1.40 bits per heavy atom. The molecule has 2 nitrogen and oxygen atoms in total. The van der Waals surface area contributed by atoms with Gasteiger partial charge in [-0.15, -0.1) is 0 Å². The minimum Gasteiger partial charge on any atom is -0.457 e. The molecule has 60 heavy (non-hydrogen) atoms. The molecule has 0 unspecified atom stereocenters. The zero-order valence-electron chi connectivity index (χ0n) is 32.9. The number of rotatable bonds is 5. The standard InChI is InChI=1S/C57H39NOSi/c1-3-18-44-38(14-1)16-11-20-46(44)40-30-34-42(35-31-40)58(43-36-32-41(33-37-43)47-21-12-17-39-15-2-4-19-45(39)47)52-26-13-25-51-56(52)60-55-29-10-7-24-50(55)57(51)48-22-5-8-27-53(48)59-54-28-9-6-23-49(54)57/h1-37H,60H2. The Kier molecular flexibility index (Phi) is 7.97. The van der Waals surface area contributed by atoms with E-state index >= 15 is 0 Å². The number of nitrogens with zero attached hydrogens (tertiary/aromatic N) is 1. The second-order valence-corrected chi connectivity index (χ2v) is 17.8. The molecule has 0 bridgehead atoms. The van der Waals surface area contributed by atoms with Crippen LogP contribution in [0.4, 0.5) is 17.1 Å². The molecule has 0 N–H and O–H groups in total. The van der Waals surface area contributed by atoms with Gasteiger partial charge in [-0.3, -0.25) is 0 Å². The van der Waals surface area contributed by atoms with E-state index in [1.165, 1.54) is 82.1 Å². The summed E-state index contributed by atoms with van der Waals surface area (Å²) in [6.07, 6.45) is 0. The van der Waals surface area contributed by atoms with Crippen molar-refractivity contribution in [2.45, 2.75) is 5.41 Å². The van der Waals surface area contributed by atoms with Gasteiger partial charge in [-0.25, -0.2) is 0 Å². The van der Waals surface area contributed by atoms with Crippen LogP contribution in [0.15, 0.2) is 224 Å². The summed E-state index contributed by atoms with van der Waals surface area (Å²) in [6.45, 7) is 0. The van der Waals surface area contributed by atoms with Gasteiger partial charge in [-0.05, 0) is 103 Å². The molecule has 0 aliphatic carbocycles. The Morgan fingerprint density at radius 1 is 0.367 bits per heavy atom. The van der Waals surface area contributed by atoms with Crippen LogP contribution in [0.25, 0.3) is 43.8 Å². The van der Waals surface area contributed by atoms with Crippen LogP contribution >= 0.6 is 0 Å². The van der Waals surface area contributed by atoms with Crippen LogP contribution in [0.2, 0.25) is 0 Å². The average molecular weight is 782 g/mol. The van der Waals surface area contributed by atoms with Crippen LogP contribution in [-0.4, -0.2) is 9.52 Å². The molecule has 10 aromatic carbocycles. The SMILES string of the molecule is c1ccc2c(c1)Oc1ccccc1C21c2ccccc2[SiH2]c2c(N(c3ccc(-c4cccc5ccccc45)cc3)c3ccc(-c4cccc5ccccc45)cc3)cccc21. The van der Waals surface area contributed by atoms with E-state index < -0.39 is 14.9 Å². The third-order valence-electron chi connectivity index (χ3n) is 12.8. The number of fused-ring (bicyclic) bond motifs is 10. The van der Waals surface area contributed by atoms with E-state index in [9.17, 15) is 0 Å². The van der Waals surface area contributed by atoms with E-state index in [-0.39, 0.29) is 0 Å². The van der Waals surface area contributed by atoms with E-state index in [2.05, 4.69) is 229 Å². The molecule has 10 aromatic rings. The molecule has 12 rings (SSSR count). The Hall–Kier alpha value is -7.46. The van der Waals surface area contributed by atoms with Crippen LogP contribution in [0.1, 0.15) is 22.3 Å². The first-order valence-corrected chi connectivity index (χ1v) is 22.2. The Morgan fingerprint density at radius 2 is 0.817 bits per heavy atom.